The quantitative estimate of drug-likeness (QED) is 0.712. The third kappa shape index (κ3) is 3.39. The summed E-state index contributed by atoms with van der Waals surface area (Å²) in [4.78, 5) is 14.1. The van der Waals surface area contributed by atoms with E-state index in [0.717, 1.165) is 39.0 Å². The zero-order valence-electron chi connectivity index (χ0n) is 9.38. The number of nitrogens with zero attached hydrogens (tertiary/aromatic N) is 1. The van der Waals surface area contributed by atoms with E-state index < -0.39 is 0 Å². The van der Waals surface area contributed by atoms with Crippen LogP contribution in [0.2, 0.25) is 0 Å². The fourth-order valence-electron chi connectivity index (χ4n) is 1.94. The minimum Gasteiger partial charge on any atom is -0.317 e. The van der Waals surface area contributed by atoms with E-state index in [1.165, 1.54) is 0 Å². The molecule has 3 nitrogen and oxygen atoms in total. The van der Waals surface area contributed by atoms with E-state index in [4.69, 9.17) is 0 Å². The highest BCUT2D eigenvalue weighted by Gasteiger charge is 2.21. The van der Waals surface area contributed by atoms with E-state index in [0.29, 0.717) is 18.2 Å². The van der Waals surface area contributed by atoms with E-state index in [1.807, 2.05) is 0 Å². The second-order valence-corrected chi connectivity index (χ2v) is 3.95. The smallest absolute Gasteiger partial charge is 0.149 e. The van der Waals surface area contributed by atoms with Crippen LogP contribution < -0.4 is 5.32 Å². The van der Waals surface area contributed by atoms with Crippen molar-refractivity contribution >= 4 is 5.78 Å². The molecule has 1 aliphatic heterocycles. The van der Waals surface area contributed by atoms with Gasteiger partial charge in [-0.25, -0.2) is 0 Å². The standard InChI is InChI=1S/C11H22N2O/c1-3-13(4-2)9-11(14)10-5-7-12-8-6-10/h10,12H,3-9H2,1-2H3. The number of Topliss-reactive ketones (excluding diaryl/α,β-unsaturated/α-hetero) is 1. The van der Waals surface area contributed by atoms with Gasteiger partial charge in [0, 0.05) is 5.92 Å². The van der Waals surface area contributed by atoms with E-state index in [-0.39, 0.29) is 0 Å². The van der Waals surface area contributed by atoms with Crippen LogP contribution in [0.25, 0.3) is 0 Å². The van der Waals surface area contributed by atoms with Gasteiger partial charge in [-0.2, -0.15) is 0 Å². The number of ketones is 1. The van der Waals surface area contributed by atoms with Crippen molar-refractivity contribution in [3.05, 3.63) is 0 Å². The maximum absolute atomic E-state index is 11.9. The molecule has 0 bridgehead atoms. The van der Waals surface area contributed by atoms with Gasteiger partial charge in [0.1, 0.15) is 5.78 Å². The summed E-state index contributed by atoms with van der Waals surface area (Å²) in [7, 11) is 0. The number of likely N-dealkylation sites (N-methyl/N-ethyl adjacent to an activating group) is 1. The molecule has 0 aliphatic carbocycles. The summed E-state index contributed by atoms with van der Waals surface area (Å²) in [6.45, 7) is 8.85. The number of hydrogen-bond donors (Lipinski definition) is 1. The third-order valence-electron chi connectivity index (χ3n) is 3.07. The molecule has 3 heteroatoms. The van der Waals surface area contributed by atoms with Gasteiger partial charge in [0.05, 0.1) is 6.54 Å². The number of hydrogen-bond acceptors (Lipinski definition) is 3. The number of carbonyl (C=O) groups excluding carboxylic acids is 1. The molecule has 0 atom stereocenters. The fraction of sp³-hybridized carbons (Fsp3) is 0.909. The predicted octanol–water partition coefficient (Wildman–Crippen LogP) is 0.897. The fourth-order valence-corrected chi connectivity index (χ4v) is 1.94. The summed E-state index contributed by atoms with van der Waals surface area (Å²) in [5.74, 6) is 0.757. The van der Waals surface area contributed by atoms with Crippen LogP contribution >= 0.6 is 0 Å². The van der Waals surface area contributed by atoms with Crippen LogP contribution in [0.15, 0.2) is 0 Å². The lowest BCUT2D eigenvalue weighted by Gasteiger charge is -2.24. The minimum atomic E-state index is 0.317. The number of nitrogens with one attached hydrogen (secondary N) is 1. The predicted molar refractivity (Wildman–Crippen MR) is 58.4 cm³/mol. The summed E-state index contributed by atoms with van der Waals surface area (Å²) < 4.78 is 0. The van der Waals surface area contributed by atoms with Gasteiger partial charge in [0.15, 0.2) is 0 Å². The van der Waals surface area contributed by atoms with Crippen LogP contribution in [-0.2, 0) is 4.79 Å². The second-order valence-electron chi connectivity index (χ2n) is 3.95. The number of piperidine rings is 1. The topological polar surface area (TPSA) is 32.3 Å². The number of rotatable bonds is 5. The van der Waals surface area contributed by atoms with Crippen LogP contribution in [0.4, 0.5) is 0 Å². The van der Waals surface area contributed by atoms with Crippen molar-refractivity contribution in [2.75, 3.05) is 32.7 Å². The highest BCUT2D eigenvalue weighted by Crippen LogP contribution is 2.13. The highest BCUT2D eigenvalue weighted by molar-refractivity contribution is 5.83. The molecule has 1 saturated heterocycles. The monoisotopic (exact) mass is 198 g/mol. The summed E-state index contributed by atoms with van der Waals surface area (Å²) in [6, 6.07) is 0. The molecule has 82 valence electrons. The van der Waals surface area contributed by atoms with Crippen LogP contribution in [0.5, 0.6) is 0 Å². The second kappa shape index (κ2) is 6.14. The molecule has 0 aromatic heterocycles. The Hall–Kier alpha value is -0.410. The zero-order valence-corrected chi connectivity index (χ0v) is 9.38. The van der Waals surface area contributed by atoms with Crippen molar-refractivity contribution in [3.8, 4) is 0 Å². The Balaban J connectivity index is 2.32. The molecule has 0 spiro atoms. The Morgan fingerprint density at radius 2 is 1.86 bits per heavy atom. The molecular weight excluding hydrogens is 176 g/mol. The van der Waals surface area contributed by atoms with E-state index in [2.05, 4.69) is 24.1 Å². The average Bonchev–Trinajstić information content (AvgIpc) is 2.26. The van der Waals surface area contributed by atoms with Crippen molar-refractivity contribution in [3.63, 3.8) is 0 Å². The summed E-state index contributed by atoms with van der Waals surface area (Å²) >= 11 is 0. The van der Waals surface area contributed by atoms with Gasteiger partial charge >= 0.3 is 0 Å². The Morgan fingerprint density at radius 3 is 2.36 bits per heavy atom. The zero-order chi connectivity index (χ0) is 10.4. The van der Waals surface area contributed by atoms with Gasteiger partial charge in [0.2, 0.25) is 0 Å². The maximum atomic E-state index is 11.9. The lowest BCUT2D eigenvalue weighted by molar-refractivity contribution is -0.124. The first-order valence-corrected chi connectivity index (χ1v) is 5.73. The molecule has 14 heavy (non-hydrogen) atoms. The molecule has 1 aliphatic rings. The van der Waals surface area contributed by atoms with Gasteiger partial charge in [-0.05, 0) is 39.0 Å². The SMILES string of the molecule is CCN(CC)CC(=O)C1CCNCC1. The van der Waals surface area contributed by atoms with Crippen LogP contribution in [0.1, 0.15) is 26.7 Å². The molecule has 0 unspecified atom stereocenters. The Labute approximate surface area is 86.9 Å². The number of carbonyl (C=O) groups is 1. The molecule has 1 heterocycles. The molecule has 0 radical (unpaired) electrons. The van der Waals surface area contributed by atoms with Crippen molar-refractivity contribution < 1.29 is 4.79 Å². The van der Waals surface area contributed by atoms with Crippen LogP contribution in [0, 0.1) is 5.92 Å². The molecule has 0 aromatic carbocycles. The molecular formula is C11H22N2O. The van der Waals surface area contributed by atoms with Gasteiger partial charge in [-0.15, -0.1) is 0 Å². The Bertz CT molecular complexity index is 172. The summed E-state index contributed by atoms with van der Waals surface area (Å²) in [5, 5.41) is 3.29. The Kier molecular flexibility index (Phi) is 5.12. The van der Waals surface area contributed by atoms with E-state index in [9.17, 15) is 4.79 Å². The lowest BCUT2D eigenvalue weighted by atomic mass is 9.93. The first-order chi connectivity index (χ1) is 6.77. The summed E-state index contributed by atoms with van der Waals surface area (Å²) in [5.41, 5.74) is 0. The van der Waals surface area contributed by atoms with Crippen LogP contribution in [-0.4, -0.2) is 43.4 Å². The third-order valence-corrected chi connectivity index (χ3v) is 3.07. The first kappa shape index (κ1) is 11.7. The van der Waals surface area contributed by atoms with Gasteiger partial charge in [-0.3, -0.25) is 9.69 Å². The van der Waals surface area contributed by atoms with Gasteiger partial charge in [-0.1, -0.05) is 13.8 Å². The van der Waals surface area contributed by atoms with Crippen LogP contribution in [0.3, 0.4) is 0 Å². The minimum absolute atomic E-state index is 0.317. The molecule has 1 rings (SSSR count). The van der Waals surface area contributed by atoms with Crippen molar-refractivity contribution in [1.29, 1.82) is 0 Å². The molecule has 0 amide bonds. The Morgan fingerprint density at radius 1 is 1.29 bits per heavy atom. The normalized spacial score (nSPS) is 18.8. The highest BCUT2D eigenvalue weighted by atomic mass is 16.1. The lowest BCUT2D eigenvalue weighted by Crippen LogP contribution is -2.38. The van der Waals surface area contributed by atoms with E-state index in [1.54, 1.807) is 0 Å². The van der Waals surface area contributed by atoms with Gasteiger partial charge < -0.3 is 5.32 Å². The summed E-state index contributed by atoms with van der Waals surface area (Å²) in [6.07, 6.45) is 2.06. The van der Waals surface area contributed by atoms with Gasteiger partial charge in [0.25, 0.3) is 0 Å². The van der Waals surface area contributed by atoms with Crippen molar-refractivity contribution in [1.82, 2.24) is 10.2 Å². The van der Waals surface area contributed by atoms with Crippen molar-refractivity contribution in [2.24, 2.45) is 5.92 Å². The molecule has 1 N–H and O–H groups in total. The first-order valence-electron chi connectivity index (χ1n) is 5.73. The average molecular weight is 198 g/mol. The van der Waals surface area contributed by atoms with Crippen molar-refractivity contribution in [2.45, 2.75) is 26.7 Å². The molecule has 0 saturated carbocycles. The largest absolute Gasteiger partial charge is 0.317 e. The molecule has 0 aromatic rings. The van der Waals surface area contributed by atoms with E-state index >= 15 is 0 Å². The maximum Gasteiger partial charge on any atom is 0.149 e. The molecule has 1 fully saturated rings.